The van der Waals surface area contributed by atoms with Crippen LogP contribution in [0.25, 0.3) is 6.08 Å². The Hall–Kier alpha value is -2.31. The first kappa shape index (κ1) is 14.6. The summed E-state index contributed by atoms with van der Waals surface area (Å²) in [5.41, 5.74) is 0.741. The number of nitrogens with zero attached hydrogens (tertiary/aromatic N) is 1. The minimum Gasteiger partial charge on any atom is -0.329 e. The molecule has 0 saturated carbocycles. The van der Waals surface area contributed by atoms with Gasteiger partial charge in [-0.2, -0.15) is 0 Å². The van der Waals surface area contributed by atoms with Crippen LogP contribution in [0.3, 0.4) is 0 Å². The van der Waals surface area contributed by atoms with Crippen molar-refractivity contribution in [3.8, 4) is 0 Å². The van der Waals surface area contributed by atoms with E-state index in [9.17, 15) is 9.59 Å². The van der Waals surface area contributed by atoms with E-state index < -0.39 is 0 Å². The topological polar surface area (TPSA) is 74.3 Å². The van der Waals surface area contributed by atoms with Gasteiger partial charge in [0.2, 0.25) is 0 Å². The first-order valence-electron chi connectivity index (χ1n) is 6.35. The van der Waals surface area contributed by atoms with Gasteiger partial charge in [-0.1, -0.05) is 23.7 Å². The second kappa shape index (κ2) is 6.21. The molecule has 5 nitrogen and oxygen atoms in total. The molecule has 2 aromatic rings. The number of thioether (sulfide) groups is 1. The van der Waals surface area contributed by atoms with Crippen molar-refractivity contribution in [2.24, 2.45) is 4.99 Å². The molecule has 0 bridgehead atoms. The molecule has 0 atom stereocenters. The van der Waals surface area contributed by atoms with Gasteiger partial charge in [0.05, 0.1) is 15.6 Å². The van der Waals surface area contributed by atoms with Crippen molar-refractivity contribution in [3.63, 3.8) is 0 Å². The Bertz CT molecular complexity index is 858. The van der Waals surface area contributed by atoms with Gasteiger partial charge < -0.3 is 10.3 Å². The van der Waals surface area contributed by atoms with E-state index in [-0.39, 0.29) is 11.5 Å². The van der Waals surface area contributed by atoms with Crippen molar-refractivity contribution >= 4 is 46.2 Å². The van der Waals surface area contributed by atoms with Crippen LogP contribution in [0.2, 0.25) is 5.02 Å². The predicted octanol–water partition coefficient (Wildman–Crippen LogP) is 2.92. The van der Waals surface area contributed by atoms with E-state index >= 15 is 0 Å². The Morgan fingerprint density at radius 2 is 1.95 bits per heavy atom. The van der Waals surface area contributed by atoms with Crippen molar-refractivity contribution in [1.29, 1.82) is 0 Å². The number of amidine groups is 1. The van der Waals surface area contributed by atoms with Gasteiger partial charge in [-0.25, -0.2) is 4.99 Å². The summed E-state index contributed by atoms with van der Waals surface area (Å²) < 4.78 is 0. The van der Waals surface area contributed by atoms with E-state index in [2.05, 4.69) is 15.3 Å². The molecular formula is C15H10ClN3O2S. The summed E-state index contributed by atoms with van der Waals surface area (Å²) in [6, 6.07) is 10.4. The average molecular weight is 332 g/mol. The van der Waals surface area contributed by atoms with E-state index in [1.165, 1.54) is 12.3 Å². The number of aromatic nitrogens is 1. The molecule has 7 heteroatoms. The maximum Gasteiger partial charge on any atom is 0.264 e. The first-order valence-corrected chi connectivity index (χ1v) is 7.55. The summed E-state index contributed by atoms with van der Waals surface area (Å²) in [7, 11) is 0. The zero-order valence-corrected chi connectivity index (χ0v) is 12.7. The van der Waals surface area contributed by atoms with Gasteiger partial charge in [-0.15, -0.1) is 0 Å². The fraction of sp³-hybridized carbons (Fsp3) is 0. The zero-order chi connectivity index (χ0) is 15.5. The molecule has 1 amide bonds. The van der Waals surface area contributed by atoms with Crippen molar-refractivity contribution in [1.82, 2.24) is 10.3 Å². The Balaban J connectivity index is 1.90. The Morgan fingerprint density at radius 3 is 2.73 bits per heavy atom. The molecule has 1 aromatic heterocycles. The molecule has 0 radical (unpaired) electrons. The molecule has 0 spiro atoms. The van der Waals surface area contributed by atoms with Crippen molar-refractivity contribution < 1.29 is 4.79 Å². The number of carbonyl (C=O) groups excluding carboxylic acids is 1. The summed E-state index contributed by atoms with van der Waals surface area (Å²) in [4.78, 5) is 30.9. The number of benzene rings is 1. The smallest absolute Gasteiger partial charge is 0.264 e. The van der Waals surface area contributed by atoms with Crippen LogP contribution in [0.5, 0.6) is 0 Å². The Morgan fingerprint density at radius 1 is 1.14 bits per heavy atom. The summed E-state index contributed by atoms with van der Waals surface area (Å²) in [6.45, 7) is 0. The van der Waals surface area contributed by atoms with Crippen LogP contribution >= 0.6 is 23.4 Å². The van der Waals surface area contributed by atoms with Crippen LogP contribution in [-0.2, 0) is 4.79 Å². The third-order valence-corrected chi connectivity index (χ3v) is 4.09. The largest absolute Gasteiger partial charge is 0.329 e. The molecule has 1 aliphatic rings. The highest BCUT2D eigenvalue weighted by Crippen LogP contribution is 2.30. The van der Waals surface area contributed by atoms with Gasteiger partial charge in [-0.3, -0.25) is 9.59 Å². The predicted molar refractivity (Wildman–Crippen MR) is 89.3 cm³/mol. The van der Waals surface area contributed by atoms with E-state index in [1.54, 1.807) is 30.3 Å². The lowest BCUT2D eigenvalue weighted by Gasteiger charge is -1.98. The fourth-order valence-corrected chi connectivity index (χ4v) is 2.83. The number of halogens is 1. The third kappa shape index (κ3) is 3.13. The number of rotatable bonds is 2. The summed E-state index contributed by atoms with van der Waals surface area (Å²) in [6.07, 6.45) is 3.07. The second-order valence-electron chi connectivity index (χ2n) is 4.39. The van der Waals surface area contributed by atoms with Gasteiger partial charge in [0.15, 0.2) is 5.17 Å². The monoisotopic (exact) mass is 331 g/mol. The number of hydrogen-bond donors (Lipinski definition) is 2. The van der Waals surface area contributed by atoms with Crippen LogP contribution in [0.4, 0.5) is 5.69 Å². The van der Waals surface area contributed by atoms with Gasteiger partial charge in [0.25, 0.3) is 11.5 Å². The zero-order valence-electron chi connectivity index (χ0n) is 11.2. The number of aliphatic imine (C=N–C) groups is 1. The minimum absolute atomic E-state index is 0.250. The quantitative estimate of drug-likeness (QED) is 0.831. The molecule has 2 heterocycles. The van der Waals surface area contributed by atoms with Crippen molar-refractivity contribution in [2.45, 2.75) is 0 Å². The molecule has 1 aromatic carbocycles. The maximum atomic E-state index is 11.9. The summed E-state index contributed by atoms with van der Waals surface area (Å²) >= 11 is 7.20. The number of carbonyl (C=O) groups is 1. The molecular weight excluding hydrogens is 322 g/mol. The second-order valence-corrected chi connectivity index (χ2v) is 5.83. The normalized spacial score (nSPS) is 18.0. The Kier molecular flexibility index (Phi) is 4.13. The minimum atomic E-state index is -0.293. The van der Waals surface area contributed by atoms with Crippen molar-refractivity contribution in [2.75, 3.05) is 0 Å². The van der Waals surface area contributed by atoms with Crippen molar-refractivity contribution in [3.05, 3.63) is 68.4 Å². The van der Waals surface area contributed by atoms with Crippen LogP contribution in [0.1, 0.15) is 5.56 Å². The lowest BCUT2D eigenvalue weighted by atomic mass is 10.2. The highest BCUT2D eigenvalue weighted by Gasteiger charge is 2.24. The van der Waals surface area contributed by atoms with Gasteiger partial charge in [0, 0.05) is 11.8 Å². The molecule has 1 fully saturated rings. The van der Waals surface area contributed by atoms with E-state index in [1.807, 2.05) is 6.07 Å². The van der Waals surface area contributed by atoms with Crippen LogP contribution in [0, 0.1) is 0 Å². The molecule has 0 aliphatic carbocycles. The van der Waals surface area contributed by atoms with Crippen LogP contribution in [-0.4, -0.2) is 16.1 Å². The number of amides is 1. The number of H-pyrrole nitrogens is 1. The Labute approximate surface area is 135 Å². The highest BCUT2D eigenvalue weighted by atomic mass is 35.5. The lowest BCUT2D eigenvalue weighted by molar-refractivity contribution is -0.115. The molecule has 22 heavy (non-hydrogen) atoms. The first-order chi connectivity index (χ1) is 10.6. The van der Waals surface area contributed by atoms with Gasteiger partial charge >= 0.3 is 0 Å². The maximum absolute atomic E-state index is 11.9. The number of aromatic amines is 1. The summed E-state index contributed by atoms with van der Waals surface area (Å²) in [5.74, 6) is -0.293. The standard InChI is InChI=1S/C15H10ClN3O2S/c16-10-5-1-2-6-11(10)18-15-19-14(21)12(22-15)8-9-4-3-7-17-13(9)20/h1-8H,(H,17,20)(H,18,19,21)/b12-8-. The van der Waals surface area contributed by atoms with Crippen LogP contribution in [0.15, 0.2) is 57.3 Å². The molecule has 2 N–H and O–H groups in total. The number of nitrogens with one attached hydrogen (secondary N) is 2. The SMILES string of the molecule is O=C1NC(=Nc2ccccc2Cl)S/C1=C\c1ccc[nH]c1=O. The molecule has 1 aliphatic heterocycles. The van der Waals surface area contributed by atoms with Crippen LogP contribution < -0.4 is 10.9 Å². The van der Waals surface area contributed by atoms with E-state index in [0.29, 0.717) is 26.3 Å². The molecule has 110 valence electrons. The fourth-order valence-electron chi connectivity index (χ4n) is 1.82. The lowest BCUT2D eigenvalue weighted by Crippen LogP contribution is -2.19. The number of pyridine rings is 1. The van der Waals surface area contributed by atoms with E-state index in [0.717, 1.165) is 11.8 Å². The number of hydrogen-bond acceptors (Lipinski definition) is 4. The molecule has 0 unspecified atom stereocenters. The van der Waals surface area contributed by atoms with Gasteiger partial charge in [-0.05, 0) is 42.1 Å². The average Bonchev–Trinajstić information content (AvgIpc) is 2.84. The van der Waals surface area contributed by atoms with E-state index in [4.69, 9.17) is 11.6 Å². The number of para-hydroxylation sites is 1. The van der Waals surface area contributed by atoms with Gasteiger partial charge in [0.1, 0.15) is 0 Å². The highest BCUT2D eigenvalue weighted by molar-refractivity contribution is 8.18. The molecule has 1 saturated heterocycles. The molecule has 3 rings (SSSR count). The third-order valence-electron chi connectivity index (χ3n) is 2.86. The summed E-state index contributed by atoms with van der Waals surface area (Å²) in [5, 5.41) is 3.58.